The molecule has 2 aromatic carbocycles. The van der Waals surface area contributed by atoms with Gasteiger partial charge in [0.15, 0.2) is 11.7 Å². The van der Waals surface area contributed by atoms with Crippen molar-refractivity contribution in [2.45, 2.75) is 50.3 Å². The minimum Gasteiger partial charge on any atom is -0.492 e. The van der Waals surface area contributed by atoms with Crippen molar-refractivity contribution in [2.24, 2.45) is 0 Å². The minimum atomic E-state index is -3.62. The molecule has 3 aromatic rings. The molecule has 2 heterocycles. The summed E-state index contributed by atoms with van der Waals surface area (Å²) < 4.78 is 39.1. The molecule has 0 saturated carbocycles. The maximum absolute atomic E-state index is 13.1. The van der Waals surface area contributed by atoms with Crippen LogP contribution in [-0.2, 0) is 21.2 Å². The van der Waals surface area contributed by atoms with Crippen LogP contribution in [0.15, 0.2) is 64.0 Å². The largest absolute Gasteiger partial charge is 0.492 e. The number of amides is 1. The molecule has 1 aliphatic heterocycles. The third-order valence-corrected chi connectivity index (χ3v) is 7.78. The highest BCUT2D eigenvalue weighted by Crippen LogP contribution is 2.30. The van der Waals surface area contributed by atoms with Gasteiger partial charge in [-0.1, -0.05) is 36.8 Å². The second-order valence-electron chi connectivity index (χ2n) is 8.44. The fourth-order valence-electron chi connectivity index (χ4n) is 4.08. The topological polar surface area (TPSA) is 102 Å². The number of aromatic nitrogens is 1. The van der Waals surface area contributed by atoms with Gasteiger partial charge in [-0.05, 0) is 44.4 Å². The van der Waals surface area contributed by atoms with Crippen molar-refractivity contribution in [3.8, 4) is 17.1 Å². The molecule has 4 rings (SSSR count). The Kier molecular flexibility index (Phi) is 8.20. The first-order valence-electron chi connectivity index (χ1n) is 12.0. The number of carbonyl (C=O) groups excluding carboxylic acids is 1. The number of sulfonamides is 1. The van der Waals surface area contributed by atoms with Crippen LogP contribution in [0, 0.1) is 0 Å². The molecule has 1 fully saturated rings. The number of anilines is 1. The van der Waals surface area contributed by atoms with Crippen LogP contribution >= 0.6 is 0 Å². The Morgan fingerprint density at radius 2 is 1.89 bits per heavy atom. The molecule has 0 radical (unpaired) electrons. The number of oxazole rings is 1. The number of ether oxygens (including phenoxy) is 1. The highest BCUT2D eigenvalue weighted by molar-refractivity contribution is 7.89. The zero-order valence-electron chi connectivity index (χ0n) is 19.9. The molecule has 1 aliphatic rings. The summed E-state index contributed by atoms with van der Waals surface area (Å²) in [6.45, 7) is 3.27. The summed E-state index contributed by atoms with van der Waals surface area (Å²) >= 11 is 0. The Balaban J connectivity index is 1.38. The van der Waals surface area contributed by atoms with Crippen LogP contribution in [0.4, 0.5) is 5.69 Å². The molecule has 0 atom stereocenters. The van der Waals surface area contributed by atoms with Crippen LogP contribution in [0.3, 0.4) is 0 Å². The van der Waals surface area contributed by atoms with E-state index in [0.29, 0.717) is 55.6 Å². The van der Waals surface area contributed by atoms with E-state index in [1.54, 1.807) is 12.3 Å². The molecule has 0 aliphatic carbocycles. The normalized spacial score (nSPS) is 14.5. The fraction of sp³-hybridized carbons (Fsp3) is 0.385. The van der Waals surface area contributed by atoms with Gasteiger partial charge in [-0.25, -0.2) is 13.4 Å². The fourth-order valence-corrected chi connectivity index (χ4v) is 5.62. The number of benzene rings is 2. The van der Waals surface area contributed by atoms with E-state index >= 15 is 0 Å². The standard InChI is InChI=1S/C26H31N3O5S/c1-2-33-23-15-14-21(35(31,32)29-16-7-4-8-17-29)18-22(23)28-25(30)12-9-13-26-27-19-24(34-26)20-10-5-3-6-11-20/h3,5-6,10-11,14-15,18-19H,2,4,7-9,12-13,16-17H2,1H3,(H,28,30). The van der Waals surface area contributed by atoms with E-state index in [1.807, 2.05) is 37.3 Å². The van der Waals surface area contributed by atoms with Crippen molar-refractivity contribution < 1.29 is 22.4 Å². The van der Waals surface area contributed by atoms with Crippen LogP contribution in [0.5, 0.6) is 5.75 Å². The Labute approximate surface area is 206 Å². The average molecular weight is 498 g/mol. The molecule has 0 bridgehead atoms. The van der Waals surface area contributed by atoms with Crippen molar-refractivity contribution >= 4 is 21.6 Å². The predicted molar refractivity (Wildman–Crippen MR) is 134 cm³/mol. The molecule has 9 heteroatoms. The first-order valence-corrected chi connectivity index (χ1v) is 13.5. The predicted octanol–water partition coefficient (Wildman–Crippen LogP) is 4.88. The summed E-state index contributed by atoms with van der Waals surface area (Å²) in [6, 6.07) is 14.4. The monoisotopic (exact) mass is 497 g/mol. The zero-order chi connectivity index (χ0) is 24.7. The molecule has 186 valence electrons. The number of piperidine rings is 1. The van der Waals surface area contributed by atoms with Gasteiger partial charge >= 0.3 is 0 Å². The zero-order valence-corrected chi connectivity index (χ0v) is 20.7. The van der Waals surface area contributed by atoms with Crippen molar-refractivity contribution in [1.82, 2.24) is 9.29 Å². The number of nitrogens with zero attached hydrogens (tertiary/aromatic N) is 2. The van der Waals surface area contributed by atoms with Crippen molar-refractivity contribution in [3.63, 3.8) is 0 Å². The first kappa shape index (κ1) is 24.9. The quantitative estimate of drug-likeness (QED) is 0.429. The number of carbonyl (C=O) groups is 1. The van der Waals surface area contributed by atoms with Crippen LogP contribution < -0.4 is 10.1 Å². The van der Waals surface area contributed by atoms with E-state index in [9.17, 15) is 13.2 Å². The van der Waals surface area contributed by atoms with Gasteiger partial charge in [0.2, 0.25) is 15.9 Å². The molecule has 1 aromatic heterocycles. The Morgan fingerprint density at radius 1 is 1.11 bits per heavy atom. The number of rotatable bonds is 10. The Bertz CT molecular complexity index is 1230. The third kappa shape index (κ3) is 6.29. The van der Waals surface area contributed by atoms with Gasteiger partial charge in [-0.15, -0.1) is 0 Å². The highest BCUT2D eigenvalue weighted by atomic mass is 32.2. The van der Waals surface area contributed by atoms with E-state index in [4.69, 9.17) is 9.15 Å². The minimum absolute atomic E-state index is 0.159. The highest BCUT2D eigenvalue weighted by Gasteiger charge is 2.27. The number of hydrogen-bond acceptors (Lipinski definition) is 6. The maximum Gasteiger partial charge on any atom is 0.243 e. The summed E-state index contributed by atoms with van der Waals surface area (Å²) in [7, 11) is -3.62. The summed E-state index contributed by atoms with van der Waals surface area (Å²) in [5.41, 5.74) is 1.31. The van der Waals surface area contributed by atoms with Gasteiger partial charge in [0.25, 0.3) is 0 Å². The molecule has 35 heavy (non-hydrogen) atoms. The second-order valence-corrected chi connectivity index (χ2v) is 10.4. The molecule has 0 spiro atoms. The molecular formula is C26H31N3O5S. The molecule has 1 amide bonds. The van der Waals surface area contributed by atoms with Crippen LogP contribution in [-0.4, -0.2) is 43.3 Å². The van der Waals surface area contributed by atoms with E-state index in [-0.39, 0.29) is 17.2 Å². The molecule has 0 unspecified atom stereocenters. The van der Waals surface area contributed by atoms with Crippen molar-refractivity contribution in [2.75, 3.05) is 25.0 Å². The number of aryl methyl sites for hydroxylation is 1. The molecule has 1 N–H and O–H groups in total. The van der Waals surface area contributed by atoms with Gasteiger partial charge in [-0.3, -0.25) is 4.79 Å². The lowest BCUT2D eigenvalue weighted by Crippen LogP contribution is -2.35. The summed E-state index contributed by atoms with van der Waals surface area (Å²) in [4.78, 5) is 17.1. The molecule has 8 nitrogen and oxygen atoms in total. The Morgan fingerprint density at radius 3 is 2.63 bits per heavy atom. The first-order chi connectivity index (χ1) is 17.0. The van der Waals surface area contributed by atoms with Crippen LogP contribution in [0.25, 0.3) is 11.3 Å². The van der Waals surface area contributed by atoms with Gasteiger partial charge in [0, 0.05) is 31.5 Å². The van der Waals surface area contributed by atoms with E-state index in [0.717, 1.165) is 24.8 Å². The van der Waals surface area contributed by atoms with E-state index in [2.05, 4.69) is 10.3 Å². The van der Waals surface area contributed by atoms with Gasteiger partial charge in [0.05, 0.1) is 23.4 Å². The van der Waals surface area contributed by atoms with Crippen LogP contribution in [0.1, 0.15) is 44.9 Å². The average Bonchev–Trinajstić information content (AvgIpc) is 3.35. The molecular weight excluding hydrogens is 466 g/mol. The second kappa shape index (κ2) is 11.5. The summed E-state index contributed by atoms with van der Waals surface area (Å²) in [5, 5.41) is 2.83. The van der Waals surface area contributed by atoms with Crippen molar-refractivity contribution in [3.05, 3.63) is 60.6 Å². The Hall–Kier alpha value is -3.17. The van der Waals surface area contributed by atoms with Gasteiger partial charge < -0.3 is 14.5 Å². The van der Waals surface area contributed by atoms with Gasteiger partial charge in [0.1, 0.15) is 5.75 Å². The summed E-state index contributed by atoms with van der Waals surface area (Å²) in [6.07, 6.45) is 5.73. The van der Waals surface area contributed by atoms with Crippen molar-refractivity contribution in [1.29, 1.82) is 0 Å². The van der Waals surface area contributed by atoms with Crippen LogP contribution in [0.2, 0.25) is 0 Å². The summed E-state index contributed by atoms with van der Waals surface area (Å²) in [5.74, 6) is 1.48. The lowest BCUT2D eigenvalue weighted by Gasteiger charge is -2.26. The lowest BCUT2D eigenvalue weighted by molar-refractivity contribution is -0.116. The van der Waals surface area contributed by atoms with E-state index in [1.165, 1.54) is 16.4 Å². The molecule has 1 saturated heterocycles. The smallest absolute Gasteiger partial charge is 0.243 e. The lowest BCUT2D eigenvalue weighted by atomic mass is 10.2. The van der Waals surface area contributed by atoms with E-state index < -0.39 is 10.0 Å². The van der Waals surface area contributed by atoms with Gasteiger partial charge in [-0.2, -0.15) is 4.31 Å². The number of hydrogen-bond donors (Lipinski definition) is 1. The third-order valence-electron chi connectivity index (χ3n) is 5.88. The number of nitrogens with one attached hydrogen (secondary N) is 1. The SMILES string of the molecule is CCOc1ccc(S(=O)(=O)N2CCCCC2)cc1NC(=O)CCCc1ncc(-c2ccccc2)o1. The maximum atomic E-state index is 13.1.